The second kappa shape index (κ2) is 8.46. The molecule has 2 aromatic carbocycles. The van der Waals surface area contributed by atoms with Crippen molar-refractivity contribution in [3.63, 3.8) is 0 Å². The highest BCUT2D eigenvalue weighted by atomic mass is 79.9. The molecule has 0 aliphatic heterocycles. The number of hydrazone groups is 1. The lowest BCUT2D eigenvalue weighted by Gasteiger charge is -2.05. The fraction of sp³-hybridized carbons (Fsp3) is 0.0455. The van der Waals surface area contributed by atoms with Crippen LogP contribution >= 0.6 is 27.3 Å². The summed E-state index contributed by atoms with van der Waals surface area (Å²) in [6.07, 6.45) is 1.77. The second-order valence-corrected chi connectivity index (χ2v) is 7.90. The summed E-state index contributed by atoms with van der Waals surface area (Å²) in [6.45, 7) is 1.95. The first-order valence-electron chi connectivity index (χ1n) is 8.79. The predicted molar refractivity (Wildman–Crippen MR) is 119 cm³/mol. The predicted octanol–water partition coefficient (Wildman–Crippen LogP) is 5.69. The van der Waals surface area contributed by atoms with Gasteiger partial charge in [-0.2, -0.15) is 4.57 Å². The van der Waals surface area contributed by atoms with Crippen LogP contribution in [0.25, 0.3) is 16.9 Å². The highest BCUT2D eigenvalue weighted by Crippen LogP contribution is 2.26. The standard InChI is InChI=1S/C22H17BrN4S/c1-16(20-9-5-6-14-24-20)25-26-22-27(19-7-3-2-4-8-19)21(15-28-22)17-10-12-18(23)13-11-17/h2-15H,1H3/p+1/b25-16+. The first kappa shape index (κ1) is 18.5. The zero-order valence-corrected chi connectivity index (χ0v) is 17.6. The topological polar surface area (TPSA) is 41.2 Å². The minimum absolute atomic E-state index is 0.832. The maximum Gasteiger partial charge on any atom is 0.364 e. The molecule has 138 valence electrons. The number of pyridine rings is 1. The summed E-state index contributed by atoms with van der Waals surface area (Å²) in [6, 6.07) is 24.4. The van der Waals surface area contributed by atoms with Gasteiger partial charge in [0, 0.05) is 21.6 Å². The lowest BCUT2D eigenvalue weighted by atomic mass is 10.1. The number of rotatable bonds is 5. The third-order valence-electron chi connectivity index (χ3n) is 4.24. The number of aromatic nitrogens is 2. The molecule has 0 unspecified atom stereocenters. The van der Waals surface area contributed by atoms with Gasteiger partial charge in [-0.15, -0.1) is 5.43 Å². The smallest absolute Gasteiger partial charge is 0.255 e. The summed E-state index contributed by atoms with van der Waals surface area (Å²) < 4.78 is 3.25. The van der Waals surface area contributed by atoms with Crippen molar-refractivity contribution in [2.45, 2.75) is 6.92 Å². The Hall–Kier alpha value is -2.83. The van der Waals surface area contributed by atoms with Gasteiger partial charge in [0.05, 0.1) is 5.69 Å². The molecule has 0 aliphatic carbocycles. The van der Waals surface area contributed by atoms with Crippen LogP contribution in [0, 0.1) is 0 Å². The zero-order chi connectivity index (χ0) is 19.3. The monoisotopic (exact) mass is 449 g/mol. The number of hydrogen-bond acceptors (Lipinski definition) is 4. The molecule has 6 heteroatoms. The van der Waals surface area contributed by atoms with Gasteiger partial charge >= 0.3 is 5.13 Å². The van der Waals surface area contributed by atoms with Crippen LogP contribution < -0.4 is 9.99 Å². The van der Waals surface area contributed by atoms with Crippen LogP contribution in [0.1, 0.15) is 12.6 Å². The molecule has 2 heterocycles. The minimum Gasteiger partial charge on any atom is -0.255 e. The lowest BCUT2D eigenvalue weighted by molar-refractivity contribution is -0.564. The number of benzene rings is 2. The van der Waals surface area contributed by atoms with E-state index >= 15 is 0 Å². The minimum atomic E-state index is 0.832. The van der Waals surface area contributed by atoms with Crippen molar-refractivity contribution in [1.82, 2.24) is 4.98 Å². The van der Waals surface area contributed by atoms with Gasteiger partial charge in [0.25, 0.3) is 0 Å². The third kappa shape index (κ3) is 4.03. The Bertz CT molecular complexity index is 1090. The van der Waals surface area contributed by atoms with Crippen molar-refractivity contribution >= 4 is 38.1 Å². The van der Waals surface area contributed by atoms with Crippen molar-refractivity contribution in [3.8, 4) is 16.9 Å². The molecule has 28 heavy (non-hydrogen) atoms. The van der Waals surface area contributed by atoms with E-state index in [9.17, 15) is 0 Å². The largest absolute Gasteiger partial charge is 0.364 e. The summed E-state index contributed by atoms with van der Waals surface area (Å²) in [7, 11) is 0. The molecule has 0 aliphatic rings. The molecule has 0 spiro atoms. The van der Waals surface area contributed by atoms with E-state index in [1.165, 1.54) is 0 Å². The molecule has 0 saturated carbocycles. The zero-order valence-electron chi connectivity index (χ0n) is 15.2. The molecule has 0 atom stereocenters. The van der Waals surface area contributed by atoms with E-state index in [1.807, 2.05) is 43.3 Å². The van der Waals surface area contributed by atoms with Gasteiger partial charge < -0.3 is 0 Å². The fourth-order valence-corrected chi connectivity index (χ4v) is 3.96. The number of thiazole rings is 1. The number of halogens is 1. The van der Waals surface area contributed by atoms with Crippen molar-refractivity contribution in [2.24, 2.45) is 5.10 Å². The van der Waals surface area contributed by atoms with Crippen LogP contribution in [0.5, 0.6) is 0 Å². The summed E-state index contributed by atoms with van der Waals surface area (Å²) in [4.78, 5) is 4.35. The van der Waals surface area contributed by atoms with E-state index in [1.54, 1.807) is 17.5 Å². The molecule has 0 radical (unpaired) electrons. The van der Waals surface area contributed by atoms with Gasteiger partial charge in [-0.25, -0.2) is 0 Å². The highest BCUT2D eigenvalue weighted by Gasteiger charge is 2.21. The molecule has 4 rings (SSSR count). The quantitative estimate of drug-likeness (QED) is 0.241. The molecular formula is C22H18BrN4S+. The Labute approximate surface area is 176 Å². The van der Waals surface area contributed by atoms with Crippen molar-refractivity contribution < 1.29 is 4.57 Å². The normalized spacial score (nSPS) is 11.4. The SMILES string of the molecule is C/C(=N\Nc1scc(-c2ccc(Br)cc2)[n+]1-c1ccccc1)c1ccccn1. The lowest BCUT2D eigenvalue weighted by Crippen LogP contribution is -2.33. The van der Waals surface area contributed by atoms with Crippen LogP contribution in [-0.4, -0.2) is 10.7 Å². The van der Waals surface area contributed by atoms with E-state index in [-0.39, 0.29) is 0 Å². The first-order chi connectivity index (χ1) is 13.7. The summed E-state index contributed by atoms with van der Waals surface area (Å²) >= 11 is 5.13. The van der Waals surface area contributed by atoms with Crippen LogP contribution in [0.4, 0.5) is 5.13 Å². The van der Waals surface area contributed by atoms with E-state index in [2.05, 4.69) is 77.8 Å². The van der Waals surface area contributed by atoms with Crippen molar-refractivity contribution in [2.75, 3.05) is 5.43 Å². The summed E-state index contributed by atoms with van der Waals surface area (Å²) in [5.41, 5.74) is 8.24. The Kier molecular flexibility index (Phi) is 5.60. The molecule has 0 fully saturated rings. The fourth-order valence-electron chi connectivity index (χ4n) is 2.82. The van der Waals surface area contributed by atoms with Gasteiger partial charge in [-0.3, -0.25) is 4.98 Å². The van der Waals surface area contributed by atoms with Gasteiger partial charge in [-0.05, 0) is 55.5 Å². The molecule has 1 N–H and O–H groups in total. The average Bonchev–Trinajstić information content (AvgIpc) is 3.17. The van der Waals surface area contributed by atoms with Crippen molar-refractivity contribution in [1.29, 1.82) is 0 Å². The molecule has 0 saturated heterocycles. The molecule has 0 bridgehead atoms. The molecule has 2 aromatic heterocycles. The molecule has 4 aromatic rings. The first-order valence-corrected chi connectivity index (χ1v) is 10.5. The Morgan fingerprint density at radius 1 is 1.00 bits per heavy atom. The Morgan fingerprint density at radius 3 is 2.46 bits per heavy atom. The number of nitrogens with one attached hydrogen (secondary N) is 1. The van der Waals surface area contributed by atoms with Gasteiger partial charge in [-0.1, -0.05) is 56.6 Å². The van der Waals surface area contributed by atoms with Crippen LogP contribution in [-0.2, 0) is 0 Å². The van der Waals surface area contributed by atoms with Crippen LogP contribution in [0.3, 0.4) is 0 Å². The second-order valence-electron chi connectivity index (χ2n) is 6.13. The number of hydrogen-bond donors (Lipinski definition) is 1. The van der Waals surface area contributed by atoms with Gasteiger partial charge in [0.15, 0.2) is 5.69 Å². The Balaban J connectivity index is 1.74. The van der Waals surface area contributed by atoms with Crippen molar-refractivity contribution in [3.05, 3.63) is 94.5 Å². The maximum absolute atomic E-state index is 4.56. The Morgan fingerprint density at radius 2 is 1.75 bits per heavy atom. The number of nitrogens with zero attached hydrogens (tertiary/aromatic N) is 3. The number of anilines is 1. The molecule has 0 amide bonds. The maximum atomic E-state index is 4.56. The van der Waals surface area contributed by atoms with Crippen LogP contribution in [0.2, 0.25) is 0 Å². The van der Waals surface area contributed by atoms with E-state index < -0.39 is 0 Å². The van der Waals surface area contributed by atoms with E-state index in [4.69, 9.17) is 0 Å². The van der Waals surface area contributed by atoms with Crippen LogP contribution in [0.15, 0.2) is 93.9 Å². The van der Waals surface area contributed by atoms with Gasteiger partial charge in [0.2, 0.25) is 0 Å². The summed E-state index contributed by atoms with van der Waals surface area (Å²) in [5, 5.41) is 7.63. The number of para-hydroxylation sites is 1. The third-order valence-corrected chi connectivity index (χ3v) is 5.60. The van der Waals surface area contributed by atoms with Gasteiger partial charge in [0.1, 0.15) is 11.4 Å². The highest BCUT2D eigenvalue weighted by molar-refractivity contribution is 9.10. The summed E-state index contributed by atoms with van der Waals surface area (Å²) in [5.74, 6) is 0. The average molecular weight is 450 g/mol. The molecular weight excluding hydrogens is 432 g/mol. The van der Waals surface area contributed by atoms with E-state index in [0.29, 0.717) is 0 Å². The van der Waals surface area contributed by atoms with E-state index in [0.717, 1.165) is 38.0 Å². The molecule has 4 nitrogen and oxygen atoms in total.